The van der Waals surface area contributed by atoms with Crippen LogP contribution in [0.1, 0.15) is 26.3 Å². The summed E-state index contributed by atoms with van der Waals surface area (Å²) in [5.41, 5.74) is 0. The van der Waals surface area contributed by atoms with E-state index in [1.807, 2.05) is 35.0 Å². The number of benzene rings is 1. The molecule has 0 fully saturated rings. The first-order valence-corrected chi connectivity index (χ1v) is 8.19. The second-order valence-corrected chi connectivity index (χ2v) is 6.11. The van der Waals surface area contributed by atoms with E-state index in [-0.39, 0.29) is 11.9 Å². The number of thioether (sulfide) groups is 1. The summed E-state index contributed by atoms with van der Waals surface area (Å²) in [4.78, 5) is 12.9. The quantitative estimate of drug-likeness (QED) is 0.809. The fourth-order valence-corrected chi connectivity index (χ4v) is 2.86. The Morgan fingerprint density at radius 2 is 2.19 bits per heavy atom. The highest BCUT2D eigenvalue weighted by atomic mass is 35.5. The van der Waals surface area contributed by atoms with E-state index in [9.17, 15) is 4.79 Å². The molecule has 0 bridgehead atoms. The standard InChI is InChI=1S/C15H18ClN3OS/c1-3-11(2)19-14(8-9-17-19)18-15(20)10-21-13-7-5-4-6-12(13)16/h4-9,11H,3,10H2,1-2H3,(H,18,20). The molecular formula is C15H18ClN3OS. The fraction of sp³-hybridized carbons (Fsp3) is 0.333. The molecule has 0 aliphatic heterocycles. The van der Waals surface area contributed by atoms with Gasteiger partial charge in [0, 0.05) is 11.0 Å². The molecule has 2 rings (SSSR count). The lowest BCUT2D eigenvalue weighted by Gasteiger charge is -2.14. The number of anilines is 1. The van der Waals surface area contributed by atoms with E-state index in [4.69, 9.17) is 11.6 Å². The maximum Gasteiger partial charge on any atom is 0.235 e. The number of nitrogens with zero attached hydrogens (tertiary/aromatic N) is 2. The highest BCUT2D eigenvalue weighted by molar-refractivity contribution is 8.00. The van der Waals surface area contributed by atoms with Crippen molar-refractivity contribution in [3.8, 4) is 0 Å². The summed E-state index contributed by atoms with van der Waals surface area (Å²) >= 11 is 7.49. The molecule has 6 heteroatoms. The SMILES string of the molecule is CCC(C)n1nccc1NC(=O)CSc1ccccc1Cl. The van der Waals surface area contributed by atoms with Gasteiger partial charge in [-0.3, -0.25) is 4.79 Å². The summed E-state index contributed by atoms with van der Waals surface area (Å²) in [6.07, 6.45) is 2.65. The number of aromatic nitrogens is 2. The van der Waals surface area contributed by atoms with Crippen molar-refractivity contribution in [1.82, 2.24) is 9.78 Å². The van der Waals surface area contributed by atoms with Crippen molar-refractivity contribution in [3.05, 3.63) is 41.6 Å². The van der Waals surface area contributed by atoms with E-state index in [0.29, 0.717) is 10.8 Å². The molecule has 1 aromatic carbocycles. The average molecular weight is 324 g/mol. The Hall–Kier alpha value is -1.46. The number of hydrogen-bond donors (Lipinski definition) is 1. The zero-order valence-electron chi connectivity index (χ0n) is 12.0. The number of nitrogens with one attached hydrogen (secondary N) is 1. The van der Waals surface area contributed by atoms with Crippen molar-refractivity contribution in [2.45, 2.75) is 31.2 Å². The Morgan fingerprint density at radius 1 is 1.43 bits per heavy atom. The third-order valence-corrected chi connectivity index (χ3v) is 4.66. The van der Waals surface area contributed by atoms with E-state index in [1.165, 1.54) is 11.8 Å². The van der Waals surface area contributed by atoms with Gasteiger partial charge in [-0.05, 0) is 25.5 Å². The summed E-state index contributed by atoms with van der Waals surface area (Å²) < 4.78 is 1.83. The summed E-state index contributed by atoms with van der Waals surface area (Å²) in [6.45, 7) is 4.16. The van der Waals surface area contributed by atoms with Crippen molar-refractivity contribution in [3.63, 3.8) is 0 Å². The number of rotatable bonds is 6. The maximum atomic E-state index is 12.0. The number of carbonyl (C=O) groups is 1. The van der Waals surface area contributed by atoms with Crippen molar-refractivity contribution in [1.29, 1.82) is 0 Å². The predicted octanol–water partition coefficient (Wildman–Crippen LogP) is 4.24. The van der Waals surface area contributed by atoms with Crippen LogP contribution >= 0.6 is 23.4 Å². The van der Waals surface area contributed by atoms with Gasteiger partial charge in [-0.1, -0.05) is 30.7 Å². The molecule has 1 N–H and O–H groups in total. The first kappa shape index (κ1) is 15.9. The van der Waals surface area contributed by atoms with Crippen LogP contribution in [-0.4, -0.2) is 21.4 Å². The van der Waals surface area contributed by atoms with Crippen LogP contribution in [0.5, 0.6) is 0 Å². The first-order valence-electron chi connectivity index (χ1n) is 6.82. The van der Waals surface area contributed by atoms with E-state index in [0.717, 1.165) is 17.1 Å². The second kappa shape index (κ2) is 7.52. The molecule has 21 heavy (non-hydrogen) atoms. The predicted molar refractivity (Wildman–Crippen MR) is 88.0 cm³/mol. The molecule has 1 unspecified atom stereocenters. The van der Waals surface area contributed by atoms with Gasteiger partial charge < -0.3 is 5.32 Å². The van der Waals surface area contributed by atoms with Gasteiger partial charge in [-0.25, -0.2) is 4.68 Å². The molecule has 112 valence electrons. The third kappa shape index (κ3) is 4.25. The minimum atomic E-state index is -0.0648. The fourth-order valence-electron chi connectivity index (χ4n) is 1.82. The van der Waals surface area contributed by atoms with Crippen molar-refractivity contribution in [2.75, 3.05) is 11.1 Å². The maximum absolute atomic E-state index is 12.0. The van der Waals surface area contributed by atoms with Gasteiger partial charge >= 0.3 is 0 Å². The van der Waals surface area contributed by atoms with Crippen LogP contribution in [0.15, 0.2) is 41.4 Å². The van der Waals surface area contributed by atoms with Crippen LogP contribution in [0.25, 0.3) is 0 Å². The van der Waals surface area contributed by atoms with E-state index < -0.39 is 0 Å². The van der Waals surface area contributed by atoms with Gasteiger partial charge in [0.1, 0.15) is 5.82 Å². The van der Waals surface area contributed by atoms with Crippen molar-refractivity contribution >= 4 is 35.1 Å². The summed E-state index contributed by atoms with van der Waals surface area (Å²) in [5, 5.41) is 7.81. The van der Waals surface area contributed by atoms with E-state index in [1.54, 1.807) is 6.20 Å². The lowest BCUT2D eigenvalue weighted by atomic mass is 10.3. The Bertz CT molecular complexity index is 614. The number of halogens is 1. The highest BCUT2D eigenvalue weighted by Crippen LogP contribution is 2.26. The zero-order chi connectivity index (χ0) is 15.2. The molecule has 1 amide bonds. The third-order valence-electron chi connectivity index (χ3n) is 3.14. The molecule has 0 spiro atoms. The molecule has 0 aliphatic carbocycles. The molecule has 4 nitrogen and oxygen atoms in total. The Morgan fingerprint density at radius 3 is 2.90 bits per heavy atom. The van der Waals surface area contributed by atoms with Crippen LogP contribution in [0.4, 0.5) is 5.82 Å². The van der Waals surface area contributed by atoms with E-state index >= 15 is 0 Å². The minimum absolute atomic E-state index is 0.0648. The second-order valence-electron chi connectivity index (χ2n) is 4.69. The first-order chi connectivity index (χ1) is 10.1. The summed E-state index contributed by atoms with van der Waals surface area (Å²) in [5.74, 6) is 0.981. The van der Waals surface area contributed by atoms with Crippen LogP contribution in [-0.2, 0) is 4.79 Å². The number of amides is 1. The summed E-state index contributed by atoms with van der Waals surface area (Å²) in [6, 6.07) is 9.57. The normalized spacial score (nSPS) is 12.1. The van der Waals surface area contributed by atoms with Gasteiger partial charge in [0.15, 0.2) is 0 Å². The number of hydrogen-bond acceptors (Lipinski definition) is 3. The van der Waals surface area contributed by atoms with Crippen molar-refractivity contribution < 1.29 is 4.79 Å². The average Bonchev–Trinajstić information content (AvgIpc) is 2.93. The smallest absolute Gasteiger partial charge is 0.235 e. The van der Waals surface area contributed by atoms with Crippen LogP contribution < -0.4 is 5.32 Å². The Balaban J connectivity index is 1.94. The van der Waals surface area contributed by atoms with Gasteiger partial charge in [0.2, 0.25) is 5.91 Å². The van der Waals surface area contributed by atoms with E-state index in [2.05, 4.69) is 24.3 Å². The molecular weight excluding hydrogens is 306 g/mol. The van der Waals surface area contributed by atoms with Gasteiger partial charge in [0.05, 0.1) is 23.0 Å². The van der Waals surface area contributed by atoms with Crippen molar-refractivity contribution in [2.24, 2.45) is 0 Å². The summed E-state index contributed by atoms with van der Waals surface area (Å²) in [7, 11) is 0. The molecule has 0 radical (unpaired) electrons. The molecule has 0 saturated heterocycles. The van der Waals surface area contributed by atoms with Gasteiger partial charge in [0.25, 0.3) is 0 Å². The molecule has 1 heterocycles. The lowest BCUT2D eigenvalue weighted by molar-refractivity contribution is -0.113. The minimum Gasteiger partial charge on any atom is -0.310 e. The molecule has 1 aromatic heterocycles. The molecule has 1 atom stereocenters. The Kier molecular flexibility index (Phi) is 5.70. The molecule has 0 saturated carbocycles. The van der Waals surface area contributed by atoms with Crippen LogP contribution in [0, 0.1) is 0 Å². The topological polar surface area (TPSA) is 46.9 Å². The van der Waals surface area contributed by atoms with Gasteiger partial charge in [-0.15, -0.1) is 11.8 Å². The van der Waals surface area contributed by atoms with Crippen LogP contribution in [0.3, 0.4) is 0 Å². The highest BCUT2D eigenvalue weighted by Gasteiger charge is 2.11. The number of carbonyl (C=O) groups excluding carboxylic acids is 1. The monoisotopic (exact) mass is 323 g/mol. The van der Waals surface area contributed by atoms with Gasteiger partial charge in [-0.2, -0.15) is 5.10 Å². The lowest BCUT2D eigenvalue weighted by Crippen LogP contribution is -2.18. The molecule has 0 aliphatic rings. The zero-order valence-corrected chi connectivity index (χ0v) is 13.6. The Labute approximate surface area is 133 Å². The largest absolute Gasteiger partial charge is 0.310 e. The van der Waals surface area contributed by atoms with Crippen LogP contribution in [0.2, 0.25) is 5.02 Å². The molecule has 2 aromatic rings.